The molecule has 3 rings (SSSR count). The van der Waals surface area contributed by atoms with Gasteiger partial charge in [0.2, 0.25) is 0 Å². The molecule has 0 spiro atoms. The standard InChI is InChI=1S/C18H22N2O/c1-19-18(14-7-9-17(21-2)10-8-14)13-20-11-15-5-3-4-6-16(15)12-20/h3-10,18-19H,11-13H2,1-2H3/t18-/m1/s1. The maximum absolute atomic E-state index is 5.23. The molecule has 0 bridgehead atoms. The maximum Gasteiger partial charge on any atom is 0.118 e. The third kappa shape index (κ3) is 3.09. The molecule has 1 aliphatic heterocycles. The van der Waals surface area contributed by atoms with Crippen molar-refractivity contribution in [3.63, 3.8) is 0 Å². The second-order valence-corrected chi connectivity index (χ2v) is 5.55. The van der Waals surface area contributed by atoms with Crippen molar-refractivity contribution < 1.29 is 4.74 Å². The van der Waals surface area contributed by atoms with E-state index in [0.29, 0.717) is 6.04 Å². The summed E-state index contributed by atoms with van der Waals surface area (Å²) in [5.41, 5.74) is 4.22. The first kappa shape index (κ1) is 14.1. The number of rotatable bonds is 5. The summed E-state index contributed by atoms with van der Waals surface area (Å²) in [5, 5.41) is 3.43. The van der Waals surface area contributed by atoms with Crippen LogP contribution in [0.4, 0.5) is 0 Å². The minimum atomic E-state index is 0.338. The number of hydrogen-bond donors (Lipinski definition) is 1. The highest BCUT2D eigenvalue weighted by Gasteiger charge is 2.21. The molecule has 110 valence electrons. The summed E-state index contributed by atoms with van der Waals surface area (Å²) >= 11 is 0. The van der Waals surface area contributed by atoms with E-state index in [1.165, 1.54) is 16.7 Å². The second-order valence-electron chi connectivity index (χ2n) is 5.55. The summed E-state index contributed by atoms with van der Waals surface area (Å²) in [4.78, 5) is 2.50. The van der Waals surface area contributed by atoms with Crippen LogP contribution in [0.25, 0.3) is 0 Å². The van der Waals surface area contributed by atoms with Crippen LogP contribution in [0.3, 0.4) is 0 Å². The van der Waals surface area contributed by atoms with Crippen LogP contribution < -0.4 is 10.1 Å². The molecule has 1 aliphatic rings. The highest BCUT2D eigenvalue weighted by Crippen LogP contribution is 2.25. The summed E-state index contributed by atoms with van der Waals surface area (Å²) in [6.07, 6.45) is 0. The van der Waals surface area contributed by atoms with Gasteiger partial charge in [0.1, 0.15) is 5.75 Å². The van der Waals surface area contributed by atoms with Gasteiger partial charge in [0.15, 0.2) is 0 Å². The lowest BCUT2D eigenvalue weighted by molar-refractivity contribution is 0.253. The van der Waals surface area contributed by atoms with Crippen LogP contribution in [-0.4, -0.2) is 25.6 Å². The van der Waals surface area contributed by atoms with Crippen LogP contribution in [0.5, 0.6) is 5.75 Å². The minimum absolute atomic E-state index is 0.338. The van der Waals surface area contributed by atoms with Crippen molar-refractivity contribution in [3.05, 3.63) is 65.2 Å². The molecule has 2 aromatic rings. The Balaban J connectivity index is 1.68. The Bertz CT molecular complexity index is 569. The zero-order chi connectivity index (χ0) is 14.7. The Morgan fingerprint density at radius 3 is 2.19 bits per heavy atom. The first-order valence-electron chi connectivity index (χ1n) is 7.40. The molecule has 0 unspecified atom stereocenters. The molecule has 0 amide bonds. The number of nitrogens with one attached hydrogen (secondary N) is 1. The fourth-order valence-electron chi connectivity index (χ4n) is 2.99. The van der Waals surface area contributed by atoms with Gasteiger partial charge in [0.05, 0.1) is 7.11 Å². The molecule has 0 aliphatic carbocycles. The highest BCUT2D eigenvalue weighted by atomic mass is 16.5. The molecule has 0 saturated heterocycles. The topological polar surface area (TPSA) is 24.5 Å². The van der Waals surface area contributed by atoms with Gasteiger partial charge in [-0.25, -0.2) is 0 Å². The third-order valence-electron chi connectivity index (χ3n) is 4.21. The van der Waals surface area contributed by atoms with Gasteiger partial charge in [-0.15, -0.1) is 0 Å². The van der Waals surface area contributed by atoms with Gasteiger partial charge >= 0.3 is 0 Å². The van der Waals surface area contributed by atoms with E-state index >= 15 is 0 Å². The normalized spacial score (nSPS) is 15.7. The smallest absolute Gasteiger partial charge is 0.118 e. The van der Waals surface area contributed by atoms with Crippen LogP contribution in [0.2, 0.25) is 0 Å². The van der Waals surface area contributed by atoms with Crippen molar-refractivity contribution in [1.29, 1.82) is 0 Å². The molecule has 0 fully saturated rings. The van der Waals surface area contributed by atoms with E-state index < -0.39 is 0 Å². The molecule has 0 saturated carbocycles. The first-order valence-corrected chi connectivity index (χ1v) is 7.40. The molecule has 1 heterocycles. The van der Waals surface area contributed by atoms with Crippen molar-refractivity contribution in [3.8, 4) is 5.75 Å². The molecule has 3 nitrogen and oxygen atoms in total. The molecule has 1 atom stereocenters. The average molecular weight is 282 g/mol. The van der Waals surface area contributed by atoms with Gasteiger partial charge in [0.25, 0.3) is 0 Å². The molecule has 2 aromatic carbocycles. The lowest BCUT2D eigenvalue weighted by atomic mass is 10.1. The van der Waals surface area contributed by atoms with Crippen LogP contribution in [0, 0.1) is 0 Å². The van der Waals surface area contributed by atoms with Crippen molar-refractivity contribution in [2.45, 2.75) is 19.1 Å². The quantitative estimate of drug-likeness (QED) is 0.912. The van der Waals surface area contributed by atoms with Gasteiger partial charge in [-0.2, -0.15) is 0 Å². The summed E-state index contributed by atoms with van der Waals surface area (Å²) in [5.74, 6) is 0.905. The van der Waals surface area contributed by atoms with E-state index in [2.05, 4.69) is 46.6 Å². The minimum Gasteiger partial charge on any atom is -0.497 e. The molecule has 21 heavy (non-hydrogen) atoms. The molecular formula is C18H22N2O. The lowest BCUT2D eigenvalue weighted by Crippen LogP contribution is -2.30. The monoisotopic (exact) mass is 282 g/mol. The number of benzene rings is 2. The molecule has 0 radical (unpaired) electrons. The van der Waals surface area contributed by atoms with E-state index in [0.717, 1.165) is 25.4 Å². The molecule has 0 aromatic heterocycles. The third-order valence-corrected chi connectivity index (χ3v) is 4.21. The van der Waals surface area contributed by atoms with Crippen LogP contribution >= 0.6 is 0 Å². The van der Waals surface area contributed by atoms with Gasteiger partial charge in [-0.05, 0) is 35.9 Å². The Kier molecular flexibility index (Phi) is 4.23. The van der Waals surface area contributed by atoms with Gasteiger partial charge in [-0.1, -0.05) is 36.4 Å². The van der Waals surface area contributed by atoms with E-state index in [4.69, 9.17) is 4.74 Å². The Morgan fingerprint density at radius 1 is 1.05 bits per heavy atom. The summed E-state index contributed by atoms with van der Waals surface area (Å²) in [7, 11) is 3.73. The Labute approximate surface area is 126 Å². The largest absolute Gasteiger partial charge is 0.497 e. The summed E-state index contributed by atoms with van der Waals surface area (Å²) in [6.45, 7) is 3.10. The van der Waals surface area contributed by atoms with Gasteiger partial charge in [-0.3, -0.25) is 4.90 Å². The number of hydrogen-bond acceptors (Lipinski definition) is 3. The zero-order valence-corrected chi connectivity index (χ0v) is 12.7. The van der Waals surface area contributed by atoms with Crippen molar-refractivity contribution in [1.82, 2.24) is 10.2 Å². The fraction of sp³-hybridized carbons (Fsp3) is 0.333. The number of nitrogens with zero attached hydrogens (tertiary/aromatic N) is 1. The van der Waals surface area contributed by atoms with Gasteiger partial charge < -0.3 is 10.1 Å². The van der Waals surface area contributed by atoms with Crippen LogP contribution in [-0.2, 0) is 13.1 Å². The van der Waals surface area contributed by atoms with Crippen molar-refractivity contribution in [2.75, 3.05) is 20.7 Å². The highest BCUT2D eigenvalue weighted by molar-refractivity contribution is 5.31. The van der Waals surface area contributed by atoms with Crippen molar-refractivity contribution >= 4 is 0 Å². The summed E-state index contributed by atoms with van der Waals surface area (Å²) in [6, 6.07) is 17.4. The van der Waals surface area contributed by atoms with Gasteiger partial charge in [0, 0.05) is 25.7 Å². The lowest BCUT2D eigenvalue weighted by Gasteiger charge is -2.23. The predicted molar refractivity (Wildman–Crippen MR) is 85.4 cm³/mol. The fourth-order valence-corrected chi connectivity index (χ4v) is 2.99. The van der Waals surface area contributed by atoms with E-state index in [1.54, 1.807) is 7.11 Å². The molecule has 1 N–H and O–H groups in total. The SMILES string of the molecule is CN[C@H](CN1Cc2ccccc2C1)c1ccc(OC)cc1. The van der Waals surface area contributed by atoms with Crippen LogP contribution in [0.1, 0.15) is 22.7 Å². The average Bonchev–Trinajstić information content (AvgIpc) is 2.95. The molecule has 3 heteroatoms. The number of likely N-dealkylation sites (N-methyl/N-ethyl adjacent to an activating group) is 1. The zero-order valence-electron chi connectivity index (χ0n) is 12.7. The van der Waals surface area contributed by atoms with E-state index in [9.17, 15) is 0 Å². The van der Waals surface area contributed by atoms with Crippen LogP contribution in [0.15, 0.2) is 48.5 Å². The number of ether oxygens (including phenoxy) is 1. The second kappa shape index (κ2) is 6.29. The van der Waals surface area contributed by atoms with E-state index in [-0.39, 0.29) is 0 Å². The van der Waals surface area contributed by atoms with Crippen molar-refractivity contribution in [2.24, 2.45) is 0 Å². The Morgan fingerprint density at radius 2 is 1.67 bits per heavy atom. The molecular weight excluding hydrogens is 260 g/mol. The predicted octanol–water partition coefficient (Wildman–Crippen LogP) is 2.97. The number of fused-ring (bicyclic) bond motifs is 1. The van der Waals surface area contributed by atoms with E-state index in [1.807, 2.05) is 19.2 Å². The number of methoxy groups -OCH3 is 1. The first-order chi connectivity index (χ1) is 10.3. The summed E-state index contributed by atoms with van der Waals surface area (Å²) < 4.78 is 5.23. The maximum atomic E-state index is 5.23. The Hall–Kier alpha value is -1.84.